The number of amidine groups is 2. The average molecular weight is 360 g/mol. The van der Waals surface area contributed by atoms with Gasteiger partial charge in [-0.1, -0.05) is 11.8 Å². The molecule has 25 heavy (non-hydrogen) atoms. The number of Topliss-reactive ketones (excluding diaryl/α,β-unsaturated/α-hetero) is 1. The van der Waals surface area contributed by atoms with E-state index in [4.69, 9.17) is 9.84 Å². The number of hydrazone groups is 1. The van der Waals surface area contributed by atoms with Crippen LogP contribution in [0.2, 0.25) is 0 Å². The molecule has 8 nitrogen and oxygen atoms in total. The minimum absolute atomic E-state index is 0.0972. The fourth-order valence-corrected chi connectivity index (χ4v) is 3.08. The lowest BCUT2D eigenvalue weighted by Gasteiger charge is -2.19. The Morgan fingerprint density at radius 2 is 2.08 bits per heavy atom. The van der Waals surface area contributed by atoms with Gasteiger partial charge in [0.05, 0.1) is 26.0 Å². The number of hydrogen-bond acceptors (Lipinski definition) is 8. The molecule has 0 fully saturated rings. The van der Waals surface area contributed by atoms with Gasteiger partial charge < -0.3 is 9.84 Å². The molecular formula is C16H16N4O4S. The Bertz CT molecular complexity index is 773. The summed E-state index contributed by atoms with van der Waals surface area (Å²) in [5.74, 6) is 0.158. The summed E-state index contributed by atoms with van der Waals surface area (Å²) in [6.07, 6.45) is 1.46. The molecule has 0 aliphatic carbocycles. The molecule has 0 spiro atoms. The smallest absolute Gasteiger partial charge is 0.264 e. The summed E-state index contributed by atoms with van der Waals surface area (Å²) >= 11 is 1.10. The number of aliphatic imine (C=N–C) groups is 2. The van der Waals surface area contributed by atoms with Crippen molar-refractivity contribution >= 4 is 40.7 Å². The van der Waals surface area contributed by atoms with E-state index in [2.05, 4.69) is 15.1 Å². The van der Waals surface area contributed by atoms with Crippen LogP contribution in [0.3, 0.4) is 0 Å². The Labute approximate surface area is 148 Å². The number of hydrogen-bond donors (Lipinski definition) is 1. The van der Waals surface area contributed by atoms with E-state index in [0.29, 0.717) is 17.1 Å². The van der Waals surface area contributed by atoms with E-state index >= 15 is 0 Å². The zero-order chi connectivity index (χ0) is 17.8. The highest BCUT2D eigenvalue weighted by Gasteiger charge is 2.35. The molecule has 1 amide bonds. The number of fused-ring (bicyclic) bond motifs is 1. The van der Waals surface area contributed by atoms with Crippen LogP contribution in [-0.4, -0.2) is 65.0 Å². The number of nitrogens with zero attached hydrogens (tertiary/aromatic N) is 4. The van der Waals surface area contributed by atoms with Gasteiger partial charge >= 0.3 is 0 Å². The molecule has 3 rings (SSSR count). The predicted octanol–water partition coefficient (Wildman–Crippen LogP) is 0.816. The molecule has 0 aromatic heterocycles. The number of ketones is 1. The predicted molar refractivity (Wildman–Crippen MR) is 95.4 cm³/mol. The van der Waals surface area contributed by atoms with E-state index in [1.54, 1.807) is 31.4 Å². The number of rotatable bonds is 6. The normalized spacial score (nSPS) is 18.7. The summed E-state index contributed by atoms with van der Waals surface area (Å²) in [6.45, 7) is 0.148. The fourth-order valence-electron chi connectivity index (χ4n) is 2.34. The van der Waals surface area contributed by atoms with E-state index in [1.165, 1.54) is 11.2 Å². The van der Waals surface area contributed by atoms with Crippen molar-refractivity contribution in [3.8, 4) is 5.75 Å². The Kier molecular flexibility index (Phi) is 5.25. The van der Waals surface area contributed by atoms with Crippen LogP contribution in [0.15, 0.2) is 39.4 Å². The second-order valence-electron chi connectivity index (χ2n) is 5.23. The number of carbonyl (C=O) groups is 2. The van der Waals surface area contributed by atoms with Crippen molar-refractivity contribution in [2.24, 2.45) is 21.0 Å². The van der Waals surface area contributed by atoms with Crippen LogP contribution in [0.1, 0.15) is 10.4 Å². The van der Waals surface area contributed by atoms with Crippen LogP contribution in [0, 0.1) is 5.92 Å². The van der Waals surface area contributed by atoms with Crippen molar-refractivity contribution in [3.63, 3.8) is 0 Å². The van der Waals surface area contributed by atoms with Crippen molar-refractivity contribution < 1.29 is 19.4 Å². The van der Waals surface area contributed by atoms with E-state index in [1.807, 2.05) is 0 Å². The van der Waals surface area contributed by atoms with Crippen molar-refractivity contribution in [2.45, 2.75) is 0 Å². The van der Waals surface area contributed by atoms with E-state index < -0.39 is 5.92 Å². The van der Waals surface area contributed by atoms with Gasteiger partial charge in [-0.3, -0.25) is 9.59 Å². The molecule has 1 aromatic carbocycles. The van der Waals surface area contributed by atoms with Gasteiger partial charge in [0.25, 0.3) is 5.91 Å². The van der Waals surface area contributed by atoms with Crippen molar-refractivity contribution in [1.29, 1.82) is 0 Å². The van der Waals surface area contributed by atoms with E-state index in [-0.39, 0.29) is 35.8 Å². The zero-order valence-electron chi connectivity index (χ0n) is 13.5. The fraction of sp³-hybridized carbons (Fsp3) is 0.312. The average Bonchev–Trinajstić information content (AvgIpc) is 3.03. The second kappa shape index (κ2) is 7.58. The van der Waals surface area contributed by atoms with Crippen LogP contribution in [0.25, 0.3) is 0 Å². The number of β-amino-alcohol motifs (C(OH)–C–C–N with tert-alkyl or cyclic N) is 1. The monoisotopic (exact) mass is 360 g/mol. The molecule has 2 aliphatic rings. The van der Waals surface area contributed by atoms with Gasteiger partial charge in [0.1, 0.15) is 17.5 Å². The molecule has 130 valence electrons. The maximum Gasteiger partial charge on any atom is 0.264 e. The van der Waals surface area contributed by atoms with Gasteiger partial charge in [0, 0.05) is 11.8 Å². The molecule has 0 saturated carbocycles. The first-order chi connectivity index (χ1) is 12.1. The molecule has 0 radical (unpaired) electrons. The number of methoxy groups -OCH3 is 1. The maximum absolute atomic E-state index is 12.2. The lowest BCUT2D eigenvalue weighted by Crippen LogP contribution is -2.35. The van der Waals surface area contributed by atoms with Crippen LogP contribution >= 0.6 is 11.8 Å². The lowest BCUT2D eigenvalue weighted by atomic mass is 10.1. The van der Waals surface area contributed by atoms with Gasteiger partial charge in [-0.2, -0.15) is 10.1 Å². The van der Waals surface area contributed by atoms with Crippen molar-refractivity contribution in [2.75, 3.05) is 26.0 Å². The first-order valence-corrected chi connectivity index (χ1v) is 8.54. The highest BCUT2D eigenvalue weighted by atomic mass is 32.2. The summed E-state index contributed by atoms with van der Waals surface area (Å²) in [7, 11) is 1.56. The SMILES string of the molecule is COc1ccc(C(=O)CSC2=NC(=O)C3C=NN(CCO)C3=N2)cc1. The third kappa shape index (κ3) is 3.77. The highest BCUT2D eigenvalue weighted by molar-refractivity contribution is 8.14. The minimum atomic E-state index is -0.604. The summed E-state index contributed by atoms with van der Waals surface area (Å²) in [6, 6.07) is 6.80. The molecule has 2 aliphatic heterocycles. The molecule has 1 unspecified atom stereocenters. The molecule has 9 heteroatoms. The Morgan fingerprint density at radius 3 is 2.76 bits per heavy atom. The quantitative estimate of drug-likeness (QED) is 0.753. The van der Waals surface area contributed by atoms with E-state index in [9.17, 15) is 9.59 Å². The molecule has 1 atom stereocenters. The largest absolute Gasteiger partial charge is 0.497 e. The number of benzene rings is 1. The first-order valence-electron chi connectivity index (χ1n) is 7.56. The second-order valence-corrected chi connectivity index (χ2v) is 6.17. The Balaban J connectivity index is 1.65. The summed E-state index contributed by atoms with van der Waals surface area (Å²) in [5, 5.41) is 14.8. The van der Waals surface area contributed by atoms with Gasteiger partial charge in [-0.15, -0.1) is 0 Å². The van der Waals surface area contributed by atoms with Gasteiger partial charge in [0.2, 0.25) is 0 Å². The molecule has 2 heterocycles. The first kappa shape index (κ1) is 17.3. The number of amides is 1. The molecule has 0 saturated heterocycles. The van der Waals surface area contributed by atoms with Gasteiger partial charge in [-0.25, -0.2) is 10.0 Å². The number of ether oxygens (including phenoxy) is 1. The van der Waals surface area contributed by atoms with Gasteiger partial charge in [0.15, 0.2) is 11.0 Å². The number of aliphatic hydroxyl groups excluding tert-OH is 1. The van der Waals surface area contributed by atoms with Crippen LogP contribution in [0.4, 0.5) is 0 Å². The summed E-state index contributed by atoms with van der Waals surface area (Å²) < 4.78 is 5.06. The standard InChI is InChI=1S/C16H16N4O4S/c1-24-11-4-2-10(3-5-11)13(22)9-25-16-18-14-12(15(23)19-16)8-17-20(14)6-7-21/h2-5,8,12,21H,6-7,9H2,1H3. The Hall–Kier alpha value is -2.52. The molecule has 0 bridgehead atoms. The van der Waals surface area contributed by atoms with Crippen molar-refractivity contribution in [3.05, 3.63) is 29.8 Å². The maximum atomic E-state index is 12.2. The third-order valence-corrected chi connectivity index (χ3v) is 4.48. The molecule has 1 N–H and O–H groups in total. The van der Waals surface area contributed by atoms with Gasteiger partial charge in [-0.05, 0) is 24.3 Å². The van der Waals surface area contributed by atoms with Crippen LogP contribution < -0.4 is 4.74 Å². The summed E-state index contributed by atoms with van der Waals surface area (Å²) in [4.78, 5) is 32.5. The topological polar surface area (TPSA) is 104 Å². The highest BCUT2D eigenvalue weighted by Crippen LogP contribution is 2.22. The number of carbonyl (C=O) groups excluding carboxylic acids is 2. The minimum Gasteiger partial charge on any atom is -0.497 e. The summed E-state index contributed by atoms with van der Waals surface area (Å²) in [5.41, 5.74) is 0.549. The lowest BCUT2D eigenvalue weighted by molar-refractivity contribution is -0.118. The van der Waals surface area contributed by atoms with E-state index in [0.717, 1.165) is 11.8 Å². The van der Waals surface area contributed by atoms with Crippen molar-refractivity contribution in [1.82, 2.24) is 5.01 Å². The number of thioether (sulfide) groups is 1. The molecular weight excluding hydrogens is 344 g/mol. The third-order valence-electron chi connectivity index (χ3n) is 3.64. The Morgan fingerprint density at radius 1 is 1.32 bits per heavy atom. The zero-order valence-corrected chi connectivity index (χ0v) is 14.3. The van der Waals surface area contributed by atoms with Crippen LogP contribution in [0.5, 0.6) is 5.75 Å². The number of aliphatic hydroxyl groups is 1. The molecule has 1 aromatic rings. The van der Waals surface area contributed by atoms with Crippen LogP contribution in [-0.2, 0) is 4.79 Å².